The minimum absolute atomic E-state index is 0.157. The quantitative estimate of drug-likeness (QED) is 0.900. The van der Waals surface area contributed by atoms with Crippen LogP contribution in [0.1, 0.15) is 48.6 Å². The van der Waals surface area contributed by atoms with E-state index in [1.165, 1.54) is 32.1 Å². The van der Waals surface area contributed by atoms with Gasteiger partial charge in [0, 0.05) is 31.9 Å². The molecule has 3 rings (SSSR count). The molecule has 1 aliphatic heterocycles. The lowest BCUT2D eigenvalue weighted by molar-refractivity contribution is 0.0764. The first-order valence-electron chi connectivity index (χ1n) is 7.41. The molecule has 0 bridgehead atoms. The highest BCUT2D eigenvalue weighted by Crippen LogP contribution is 2.36. The number of rotatable bonds is 4. The molecule has 0 spiro atoms. The molecule has 1 aliphatic carbocycles. The van der Waals surface area contributed by atoms with Crippen molar-refractivity contribution in [1.29, 1.82) is 0 Å². The third kappa shape index (κ3) is 2.84. The maximum Gasteiger partial charge on any atom is 0.270 e. The van der Waals surface area contributed by atoms with Gasteiger partial charge in [-0.1, -0.05) is 6.42 Å². The topological polar surface area (TPSA) is 37.3 Å². The van der Waals surface area contributed by atoms with E-state index in [0.29, 0.717) is 12.1 Å². The molecule has 0 aromatic carbocycles. The molecule has 4 heteroatoms. The lowest BCUT2D eigenvalue weighted by Gasteiger charge is -2.28. The van der Waals surface area contributed by atoms with Crippen LogP contribution < -0.4 is 5.32 Å². The van der Waals surface area contributed by atoms with E-state index in [-0.39, 0.29) is 5.91 Å². The van der Waals surface area contributed by atoms with Crippen molar-refractivity contribution in [3.63, 3.8) is 0 Å². The normalized spacial score (nSPS) is 23.3. The van der Waals surface area contributed by atoms with Gasteiger partial charge in [-0.05, 0) is 44.4 Å². The number of amides is 1. The predicted molar refractivity (Wildman–Crippen MR) is 75.3 cm³/mol. The number of carbonyl (C=O) groups is 1. The summed E-state index contributed by atoms with van der Waals surface area (Å²) >= 11 is 0. The molecule has 1 saturated heterocycles. The summed E-state index contributed by atoms with van der Waals surface area (Å²) in [5.41, 5.74) is 0.848. The van der Waals surface area contributed by atoms with Crippen LogP contribution in [0, 0.1) is 0 Å². The van der Waals surface area contributed by atoms with Gasteiger partial charge in [-0.25, -0.2) is 0 Å². The Balaban J connectivity index is 1.63. The minimum Gasteiger partial charge on any atom is -0.340 e. The van der Waals surface area contributed by atoms with Gasteiger partial charge < -0.3 is 14.8 Å². The van der Waals surface area contributed by atoms with Crippen molar-refractivity contribution in [3.8, 4) is 0 Å². The molecule has 1 atom stereocenters. The molecule has 4 nitrogen and oxygen atoms in total. The first-order chi connectivity index (χ1) is 9.25. The van der Waals surface area contributed by atoms with E-state index in [0.717, 1.165) is 18.8 Å². The largest absolute Gasteiger partial charge is 0.340 e. The van der Waals surface area contributed by atoms with Crippen LogP contribution in [0.15, 0.2) is 18.3 Å². The smallest absolute Gasteiger partial charge is 0.270 e. The fourth-order valence-corrected chi connectivity index (χ4v) is 2.93. The summed E-state index contributed by atoms with van der Waals surface area (Å²) in [6.07, 6.45) is 8.18. The third-order valence-corrected chi connectivity index (χ3v) is 4.19. The Hall–Kier alpha value is -1.29. The Morgan fingerprint density at radius 3 is 2.95 bits per heavy atom. The van der Waals surface area contributed by atoms with Crippen LogP contribution in [-0.4, -0.2) is 41.6 Å². The van der Waals surface area contributed by atoms with Crippen LogP contribution in [0.25, 0.3) is 0 Å². The van der Waals surface area contributed by atoms with Crippen LogP contribution in [-0.2, 0) is 0 Å². The molecule has 1 amide bonds. The van der Waals surface area contributed by atoms with Crippen LogP contribution in [0.4, 0.5) is 0 Å². The van der Waals surface area contributed by atoms with Gasteiger partial charge in [0.25, 0.3) is 5.91 Å². The number of carbonyl (C=O) groups excluding carboxylic acids is 1. The molecular formula is C15H23N3O. The standard InChI is InChI=1S/C15H23N3O/c1-17(11-12-5-2-3-9-16-12)15(19)14-6-4-10-18(14)13-7-8-13/h4,6,10,12-13,16H,2-3,5,7-9,11H2,1H3. The van der Waals surface area contributed by atoms with E-state index in [2.05, 4.69) is 9.88 Å². The van der Waals surface area contributed by atoms with E-state index in [9.17, 15) is 4.79 Å². The molecule has 1 N–H and O–H groups in total. The number of nitrogens with one attached hydrogen (secondary N) is 1. The monoisotopic (exact) mass is 261 g/mol. The number of piperidine rings is 1. The van der Waals surface area contributed by atoms with Gasteiger partial charge in [0.15, 0.2) is 0 Å². The Kier molecular flexibility index (Phi) is 3.60. The van der Waals surface area contributed by atoms with E-state index in [4.69, 9.17) is 0 Å². The number of hydrogen-bond donors (Lipinski definition) is 1. The van der Waals surface area contributed by atoms with Gasteiger partial charge in [0.1, 0.15) is 5.69 Å². The van der Waals surface area contributed by atoms with E-state index in [1.54, 1.807) is 0 Å². The molecule has 1 aromatic rings. The molecule has 104 valence electrons. The Bertz CT molecular complexity index is 444. The van der Waals surface area contributed by atoms with Gasteiger partial charge in [0.05, 0.1) is 0 Å². The highest BCUT2D eigenvalue weighted by molar-refractivity contribution is 5.92. The van der Waals surface area contributed by atoms with Gasteiger partial charge in [-0.15, -0.1) is 0 Å². The molecule has 1 saturated carbocycles. The van der Waals surface area contributed by atoms with Crippen molar-refractivity contribution in [3.05, 3.63) is 24.0 Å². The number of aromatic nitrogens is 1. The molecule has 1 unspecified atom stereocenters. The average molecular weight is 261 g/mol. The predicted octanol–water partition coefficient (Wildman–Crippen LogP) is 2.04. The third-order valence-electron chi connectivity index (χ3n) is 4.19. The number of hydrogen-bond acceptors (Lipinski definition) is 2. The van der Waals surface area contributed by atoms with Gasteiger partial charge in [-0.2, -0.15) is 0 Å². The molecule has 2 fully saturated rings. The zero-order valence-corrected chi connectivity index (χ0v) is 11.6. The summed E-state index contributed by atoms with van der Waals surface area (Å²) in [5.74, 6) is 0.157. The van der Waals surface area contributed by atoms with Crippen molar-refractivity contribution in [2.75, 3.05) is 20.1 Å². The second-order valence-corrected chi connectivity index (χ2v) is 5.86. The highest BCUT2D eigenvalue weighted by atomic mass is 16.2. The summed E-state index contributed by atoms with van der Waals surface area (Å²) in [5, 5.41) is 3.50. The number of likely N-dealkylation sites (N-methyl/N-ethyl adjacent to an activating group) is 1. The first kappa shape index (κ1) is 12.7. The molecule has 19 heavy (non-hydrogen) atoms. The van der Waals surface area contributed by atoms with Crippen LogP contribution in [0.2, 0.25) is 0 Å². The first-order valence-corrected chi connectivity index (χ1v) is 7.41. The van der Waals surface area contributed by atoms with Crippen molar-refractivity contribution >= 4 is 5.91 Å². The lowest BCUT2D eigenvalue weighted by Crippen LogP contribution is -2.44. The zero-order valence-electron chi connectivity index (χ0n) is 11.6. The molecular weight excluding hydrogens is 238 g/mol. The lowest BCUT2D eigenvalue weighted by atomic mass is 10.0. The summed E-state index contributed by atoms with van der Waals surface area (Å²) in [6, 6.07) is 4.96. The van der Waals surface area contributed by atoms with Crippen LogP contribution >= 0.6 is 0 Å². The van der Waals surface area contributed by atoms with Gasteiger partial charge in [0.2, 0.25) is 0 Å². The van der Waals surface area contributed by atoms with E-state index < -0.39 is 0 Å². The Morgan fingerprint density at radius 2 is 2.26 bits per heavy atom. The Morgan fingerprint density at radius 1 is 1.42 bits per heavy atom. The number of nitrogens with zero attached hydrogens (tertiary/aromatic N) is 2. The molecule has 2 aliphatic rings. The Labute approximate surface area is 114 Å². The summed E-state index contributed by atoms with van der Waals surface area (Å²) in [6.45, 7) is 1.90. The summed E-state index contributed by atoms with van der Waals surface area (Å²) in [4.78, 5) is 14.4. The summed E-state index contributed by atoms with van der Waals surface area (Å²) < 4.78 is 2.15. The van der Waals surface area contributed by atoms with E-state index in [1.807, 2.05) is 30.3 Å². The van der Waals surface area contributed by atoms with E-state index >= 15 is 0 Å². The van der Waals surface area contributed by atoms with Gasteiger partial charge in [-0.3, -0.25) is 4.79 Å². The van der Waals surface area contributed by atoms with Gasteiger partial charge >= 0.3 is 0 Å². The maximum absolute atomic E-state index is 12.5. The second kappa shape index (κ2) is 5.37. The van der Waals surface area contributed by atoms with Crippen LogP contribution in [0.5, 0.6) is 0 Å². The molecule has 2 heterocycles. The summed E-state index contributed by atoms with van der Waals surface area (Å²) in [7, 11) is 1.92. The fourth-order valence-electron chi connectivity index (χ4n) is 2.93. The van der Waals surface area contributed by atoms with Crippen molar-refractivity contribution in [2.45, 2.75) is 44.2 Å². The van der Waals surface area contributed by atoms with Crippen molar-refractivity contribution in [1.82, 2.24) is 14.8 Å². The van der Waals surface area contributed by atoms with Crippen molar-refractivity contribution in [2.24, 2.45) is 0 Å². The fraction of sp³-hybridized carbons (Fsp3) is 0.667. The van der Waals surface area contributed by atoms with Crippen molar-refractivity contribution < 1.29 is 4.79 Å². The van der Waals surface area contributed by atoms with Crippen LogP contribution in [0.3, 0.4) is 0 Å². The highest BCUT2D eigenvalue weighted by Gasteiger charge is 2.28. The maximum atomic E-state index is 12.5. The molecule has 1 aromatic heterocycles. The second-order valence-electron chi connectivity index (χ2n) is 5.86. The average Bonchev–Trinajstić information content (AvgIpc) is 3.16. The molecule has 0 radical (unpaired) electrons. The SMILES string of the molecule is CN(CC1CCCCN1)C(=O)c1cccn1C1CC1. The minimum atomic E-state index is 0.157. The zero-order chi connectivity index (χ0) is 13.2.